The number of ether oxygens (including phenoxy) is 2. The van der Waals surface area contributed by atoms with Gasteiger partial charge in [0.1, 0.15) is 0 Å². The van der Waals surface area contributed by atoms with E-state index in [1.54, 1.807) is 6.07 Å². The molecule has 0 unspecified atom stereocenters. The van der Waals surface area contributed by atoms with Crippen molar-refractivity contribution in [1.29, 1.82) is 0 Å². The molecule has 0 heterocycles. The van der Waals surface area contributed by atoms with Gasteiger partial charge in [0.15, 0.2) is 10.2 Å². The molecule has 1 aromatic carbocycles. The maximum absolute atomic E-state index is 13.4. The Kier molecular flexibility index (Phi) is 9.72. The third-order valence-electron chi connectivity index (χ3n) is 3.34. The van der Waals surface area contributed by atoms with E-state index in [1.807, 2.05) is 0 Å². The van der Waals surface area contributed by atoms with Crippen molar-refractivity contribution < 1.29 is 41.1 Å². The molecule has 0 saturated heterocycles. The molecule has 0 radical (unpaired) electrons. The van der Waals surface area contributed by atoms with Crippen LogP contribution in [0.4, 0.5) is 0 Å². The maximum Gasteiger partial charge on any atom is 0.370 e. The molecule has 0 atom stereocenters. The molecule has 0 bridgehead atoms. The van der Waals surface area contributed by atoms with E-state index >= 15 is 0 Å². The molecule has 0 N–H and O–H groups in total. The molecule has 0 spiro atoms. The van der Waals surface area contributed by atoms with E-state index in [4.69, 9.17) is 18.5 Å². The first-order chi connectivity index (χ1) is 13.7. The van der Waals surface area contributed by atoms with Crippen molar-refractivity contribution in [1.82, 2.24) is 0 Å². The Labute approximate surface area is 170 Å². The van der Waals surface area contributed by atoms with Gasteiger partial charge in [-0.3, -0.25) is 4.57 Å². The quantitative estimate of drug-likeness (QED) is 0.285. The number of hydrogen-bond acceptors (Lipinski definition) is 9. The van der Waals surface area contributed by atoms with Crippen LogP contribution in [-0.4, -0.2) is 46.8 Å². The fraction of sp³-hybridized carbons (Fsp3) is 0.444. The molecule has 0 aliphatic rings. The van der Waals surface area contributed by atoms with Crippen LogP contribution < -0.4 is 0 Å². The van der Waals surface area contributed by atoms with Gasteiger partial charge < -0.3 is 18.5 Å². The molecule has 29 heavy (non-hydrogen) atoms. The molecule has 0 saturated carbocycles. The van der Waals surface area contributed by atoms with Gasteiger partial charge in [0.05, 0.1) is 31.3 Å². The van der Waals surface area contributed by atoms with Gasteiger partial charge in [0, 0.05) is 0 Å². The van der Waals surface area contributed by atoms with Crippen LogP contribution in [0.25, 0.3) is 0 Å². The average Bonchev–Trinajstić information content (AvgIpc) is 2.67. The summed E-state index contributed by atoms with van der Waals surface area (Å²) in [6, 6.07) is 6.90. The van der Waals surface area contributed by atoms with Crippen molar-refractivity contribution in [3.63, 3.8) is 0 Å². The van der Waals surface area contributed by atoms with Crippen LogP contribution in [0, 0.1) is 0 Å². The summed E-state index contributed by atoms with van der Waals surface area (Å²) in [5.74, 6) is -2.67. The van der Waals surface area contributed by atoms with Crippen molar-refractivity contribution in [2.24, 2.45) is 0 Å². The van der Waals surface area contributed by atoms with E-state index < -0.39 is 39.6 Å². The molecular formula is C18H25O9PS. The number of esters is 2. The van der Waals surface area contributed by atoms with E-state index in [1.165, 1.54) is 52.0 Å². The van der Waals surface area contributed by atoms with Gasteiger partial charge >= 0.3 is 19.5 Å². The lowest BCUT2D eigenvalue weighted by molar-refractivity contribution is -0.140. The first kappa shape index (κ1) is 25.0. The van der Waals surface area contributed by atoms with Crippen molar-refractivity contribution in [3.8, 4) is 0 Å². The number of sulfone groups is 1. The highest BCUT2D eigenvalue weighted by molar-refractivity contribution is 7.96. The standard InChI is InChI=1S/C18H25O9PS/c1-5-24-17(19)15(28(21,26-7-3)27-8-4)16(18(20)25-6-2)29(22,23)14-12-10-9-11-13-14/h9-13H,5-8H2,1-4H3/b16-15+. The highest BCUT2D eigenvalue weighted by atomic mass is 32.2. The first-order valence-corrected chi connectivity index (χ1v) is 12.0. The molecule has 162 valence electrons. The van der Waals surface area contributed by atoms with Gasteiger partial charge in [0.2, 0.25) is 9.84 Å². The Balaban J connectivity index is 4.01. The summed E-state index contributed by atoms with van der Waals surface area (Å²) in [7, 11) is -9.17. The minimum Gasteiger partial charge on any atom is -0.462 e. The molecule has 1 aromatic rings. The predicted molar refractivity (Wildman–Crippen MR) is 105 cm³/mol. The van der Waals surface area contributed by atoms with E-state index in [9.17, 15) is 22.6 Å². The van der Waals surface area contributed by atoms with E-state index in [2.05, 4.69) is 0 Å². The average molecular weight is 448 g/mol. The normalized spacial score (nSPS) is 12.8. The third kappa shape index (κ3) is 5.99. The van der Waals surface area contributed by atoms with Crippen LogP contribution in [0.5, 0.6) is 0 Å². The summed E-state index contributed by atoms with van der Waals surface area (Å²) in [5.41, 5.74) is 0. The van der Waals surface area contributed by atoms with Crippen LogP contribution in [-0.2, 0) is 42.5 Å². The topological polar surface area (TPSA) is 122 Å². The van der Waals surface area contributed by atoms with E-state index in [0.29, 0.717) is 0 Å². The number of benzene rings is 1. The summed E-state index contributed by atoms with van der Waals surface area (Å²) in [5, 5.41) is -1.01. The zero-order chi connectivity index (χ0) is 22.1. The number of rotatable bonds is 11. The van der Waals surface area contributed by atoms with Crippen molar-refractivity contribution in [2.75, 3.05) is 26.4 Å². The van der Waals surface area contributed by atoms with Gasteiger partial charge in [-0.2, -0.15) is 0 Å². The number of hydrogen-bond donors (Lipinski definition) is 0. The zero-order valence-electron chi connectivity index (χ0n) is 16.7. The summed E-state index contributed by atoms with van der Waals surface area (Å²) >= 11 is 0. The Morgan fingerprint density at radius 2 is 1.31 bits per heavy atom. The summed E-state index contributed by atoms with van der Waals surface area (Å²) in [6.07, 6.45) is 0. The molecular weight excluding hydrogens is 423 g/mol. The molecule has 1 rings (SSSR count). The Morgan fingerprint density at radius 3 is 1.76 bits per heavy atom. The molecule has 0 aromatic heterocycles. The van der Waals surface area contributed by atoms with Gasteiger partial charge in [-0.05, 0) is 39.8 Å². The van der Waals surface area contributed by atoms with Crippen LogP contribution in [0.3, 0.4) is 0 Å². The smallest absolute Gasteiger partial charge is 0.370 e. The molecule has 0 fully saturated rings. The predicted octanol–water partition coefficient (Wildman–Crippen LogP) is 3.06. The highest BCUT2D eigenvalue weighted by Crippen LogP contribution is 2.58. The van der Waals surface area contributed by atoms with Crippen molar-refractivity contribution in [3.05, 3.63) is 40.6 Å². The minimum absolute atomic E-state index is 0.165. The zero-order valence-corrected chi connectivity index (χ0v) is 18.5. The second-order valence-corrected chi connectivity index (χ2v) is 9.11. The fourth-order valence-electron chi connectivity index (χ4n) is 2.28. The van der Waals surface area contributed by atoms with Crippen molar-refractivity contribution in [2.45, 2.75) is 32.6 Å². The Hall–Kier alpha value is -2.00. The van der Waals surface area contributed by atoms with Crippen LogP contribution in [0.1, 0.15) is 27.7 Å². The summed E-state index contributed by atoms with van der Waals surface area (Å²) < 4.78 is 59.9. The van der Waals surface area contributed by atoms with Gasteiger partial charge in [-0.25, -0.2) is 18.0 Å². The van der Waals surface area contributed by atoms with Gasteiger partial charge in [-0.1, -0.05) is 18.2 Å². The van der Waals surface area contributed by atoms with E-state index in [0.717, 1.165) is 0 Å². The monoisotopic (exact) mass is 448 g/mol. The summed E-state index contributed by atoms with van der Waals surface area (Å²) in [4.78, 5) is 23.9. The summed E-state index contributed by atoms with van der Waals surface area (Å²) in [6.45, 7) is 5.17. The van der Waals surface area contributed by atoms with Crippen LogP contribution in [0.15, 0.2) is 45.4 Å². The van der Waals surface area contributed by atoms with Gasteiger partial charge in [0.25, 0.3) is 0 Å². The molecule has 9 nitrogen and oxygen atoms in total. The minimum atomic E-state index is -4.63. The number of carbonyl (C=O) groups is 2. The molecule has 11 heteroatoms. The molecule has 0 aliphatic carbocycles. The second kappa shape index (κ2) is 11.3. The lowest BCUT2D eigenvalue weighted by Gasteiger charge is -2.21. The lowest BCUT2D eigenvalue weighted by atomic mass is 10.4. The second-order valence-electron chi connectivity index (χ2n) is 5.27. The van der Waals surface area contributed by atoms with Crippen LogP contribution in [0.2, 0.25) is 0 Å². The largest absolute Gasteiger partial charge is 0.462 e. The van der Waals surface area contributed by atoms with Gasteiger partial charge in [-0.15, -0.1) is 0 Å². The highest BCUT2D eigenvalue weighted by Gasteiger charge is 2.46. The molecule has 0 amide bonds. The molecule has 0 aliphatic heterocycles. The van der Waals surface area contributed by atoms with Crippen molar-refractivity contribution >= 4 is 29.4 Å². The lowest BCUT2D eigenvalue weighted by Crippen LogP contribution is -2.24. The SMILES string of the molecule is CCOC(=O)/C(=C(/C(=O)OCC)S(=O)(=O)c1ccccc1)P(=O)(OCC)OCC. The number of carbonyl (C=O) groups excluding carboxylic acids is 2. The van der Waals surface area contributed by atoms with E-state index in [-0.39, 0.29) is 31.3 Å². The maximum atomic E-state index is 13.4. The third-order valence-corrected chi connectivity index (χ3v) is 7.44. The first-order valence-electron chi connectivity index (χ1n) is 8.97. The Morgan fingerprint density at radius 1 is 0.828 bits per heavy atom. The fourth-order valence-corrected chi connectivity index (χ4v) is 5.99. The Bertz CT molecular complexity index is 881. The van der Waals surface area contributed by atoms with Crippen LogP contribution >= 0.6 is 7.60 Å².